The zero-order chi connectivity index (χ0) is 15.1. The van der Waals surface area contributed by atoms with Crippen molar-refractivity contribution < 1.29 is 14.6 Å². The molecule has 0 spiro atoms. The summed E-state index contributed by atoms with van der Waals surface area (Å²) in [7, 11) is 0. The average molecular weight is 293 g/mol. The number of carbonyl (C=O) groups is 1. The Morgan fingerprint density at radius 1 is 1.33 bits per heavy atom. The van der Waals surface area contributed by atoms with Gasteiger partial charge in [-0.05, 0) is 19.1 Å². The van der Waals surface area contributed by atoms with Gasteiger partial charge in [-0.25, -0.2) is 4.79 Å². The number of carbonyl (C=O) groups excluding carboxylic acids is 1. The third-order valence-corrected chi connectivity index (χ3v) is 3.38. The number of nitrogens with one attached hydrogen (secondary N) is 2. The van der Waals surface area contributed by atoms with Crippen LogP contribution >= 0.6 is 0 Å². The van der Waals surface area contributed by atoms with Crippen molar-refractivity contribution in [3.8, 4) is 0 Å². The molecule has 1 aliphatic rings. The van der Waals surface area contributed by atoms with Crippen molar-refractivity contribution in [3.63, 3.8) is 0 Å². The number of ether oxygens (including phenoxy) is 1. The van der Waals surface area contributed by atoms with Gasteiger partial charge in [0.2, 0.25) is 0 Å². The summed E-state index contributed by atoms with van der Waals surface area (Å²) >= 11 is 0. The van der Waals surface area contributed by atoms with Crippen LogP contribution in [-0.2, 0) is 4.74 Å². The van der Waals surface area contributed by atoms with Crippen LogP contribution in [0.1, 0.15) is 5.56 Å². The number of hydrogen-bond acceptors (Lipinski definition) is 4. The summed E-state index contributed by atoms with van der Waals surface area (Å²) in [5, 5.41) is 15.3. The Hall–Kier alpha value is -1.63. The molecular formula is C15H23N3O3. The van der Waals surface area contributed by atoms with Gasteiger partial charge in [0, 0.05) is 31.9 Å². The number of benzene rings is 1. The molecule has 0 saturated carbocycles. The second-order valence-electron chi connectivity index (χ2n) is 5.27. The molecule has 1 heterocycles. The minimum absolute atomic E-state index is 0.231. The first-order valence-corrected chi connectivity index (χ1v) is 7.23. The lowest BCUT2D eigenvalue weighted by Crippen LogP contribution is -2.45. The van der Waals surface area contributed by atoms with Crippen LogP contribution in [0, 0.1) is 6.92 Å². The summed E-state index contributed by atoms with van der Waals surface area (Å²) < 4.78 is 5.25. The lowest BCUT2D eigenvalue weighted by Gasteiger charge is -2.28. The molecule has 1 atom stereocenters. The SMILES string of the molecule is Cc1ccc(NC(=O)NCC(O)CN2CCOCC2)cc1. The molecule has 1 unspecified atom stereocenters. The highest BCUT2D eigenvalue weighted by Crippen LogP contribution is 2.08. The number of rotatable bonds is 5. The van der Waals surface area contributed by atoms with Gasteiger partial charge < -0.3 is 20.5 Å². The van der Waals surface area contributed by atoms with Gasteiger partial charge in [-0.2, -0.15) is 0 Å². The Balaban J connectivity index is 1.66. The Labute approximate surface area is 125 Å². The first-order chi connectivity index (χ1) is 10.1. The van der Waals surface area contributed by atoms with Gasteiger partial charge >= 0.3 is 6.03 Å². The molecule has 1 aliphatic heterocycles. The van der Waals surface area contributed by atoms with E-state index < -0.39 is 6.10 Å². The predicted molar refractivity (Wildman–Crippen MR) is 81.5 cm³/mol. The van der Waals surface area contributed by atoms with Gasteiger partial charge in [0.05, 0.1) is 19.3 Å². The standard InChI is InChI=1S/C15H23N3O3/c1-12-2-4-13(5-3-12)17-15(20)16-10-14(19)11-18-6-8-21-9-7-18/h2-5,14,19H,6-11H2,1H3,(H2,16,17,20). The zero-order valence-corrected chi connectivity index (χ0v) is 12.3. The Bertz CT molecular complexity index is 444. The van der Waals surface area contributed by atoms with Crippen LogP contribution in [0.3, 0.4) is 0 Å². The lowest BCUT2D eigenvalue weighted by molar-refractivity contribution is 0.0154. The van der Waals surface area contributed by atoms with Gasteiger partial charge in [0.1, 0.15) is 0 Å². The van der Waals surface area contributed by atoms with Crippen LogP contribution in [0.25, 0.3) is 0 Å². The van der Waals surface area contributed by atoms with E-state index in [1.807, 2.05) is 31.2 Å². The molecule has 1 aromatic rings. The van der Waals surface area contributed by atoms with Crippen molar-refractivity contribution in [2.45, 2.75) is 13.0 Å². The van der Waals surface area contributed by atoms with Gasteiger partial charge in [-0.1, -0.05) is 17.7 Å². The number of nitrogens with zero attached hydrogens (tertiary/aromatic N) is 1. The van der Waals surface area contributed by atoms with E-state index in [4.69, 9.17) is 4.74 Å². The van der Waals surface area contributed by atoms with Crippen LogP contribution in [0.4, 0.5) is 10.5 Å². The second kappa shape index (κ2) is 7.97. The van der Waals surface area contributed by atoms with Gasteiger partial charge in [0.25, 0.3) is 0 Å². The van der Waals surface area contributed by atoms with E-state index in [1.54, 1.807) is 0 Å². The summed E-state index contributed by atoms with van der Waals surface area (Å²) in [5.41, 5.74) is 1.88. The number of urea groups is 1. The summed E-state index contributed by atoms with van der Waals surface area (Å²) in [6.07, 6.45) is -0.577. The fourth-order valence-electron chi connectivity index (χ4n) is 2.17. The summed E-state index contributed by atoms with van der Waals surface area (Å²) in [5.74, 6) is 0. The van der Waals surface area contributed by atoms with Crippen molar-refractivity contribution >= 4 is 11.7 Å². The molecule has 0 aromatic heterocycles. The quantitative estimate of drug-likeness (QED) is 0.751. The Kier molecular flexibility index (Phi) is 5.98. The maximum Gasteiger partial charge on any atom is 0.319 e. The summed E-state index contributed by atoms with van der Waals surface area (Å²) in [6.45, 7) is 5.83. The number of aryl methyl sites for hydroxylation is 1. The van der Waals surface area contributed by atoms with Gasteiger partial charge in [-0.3, -0.25) is 4.90 Å². The molecule has 1 saturated heterocycles. The number of aliphatic hydroxyl groups is 1. The fourth-order valence-corrected chi connectivity index (χ4v) is 2.17. The van der Waals surface area contributed by atoms with E-state index in [0.717, 1.165) is 24.3 Å². The molecule has 21 heavy (non-hydrogen) atoms. The van der Waals surface area contributed by atoms with Gasteiger partial charge in [0.15, 0.2) is 0 Å². The van der Waals surface area contributed by atoms with E-state index in [2.05, 4.69) is 15.5 Å². The van der Waals surface area contributed by atoms with Crippen LogP contribution in [0.2, 0.25) is 0 Å². The lowest BCUT2D eigenvalue weighted by atomic mass is 10.2. The monoisotopic (exact) mass is 293 g/mol. The van der Waals surface area contributed by atoms with E-state index in [0.29, 0.717) is 19.8 Å². The molecule has 2 rings (SSSR count). The average Bonchev–Trinajstić information content (AvgIpc) is 2.49. The molecule has 0 aliphatic carbocycles. The van der Waals surface area contributed by atoms with Crippen LogP contribution in [0.15, 0.2) is 24.3 Å². The summed E-state index contributed by atoms with van der Waals surface area (Å²) in [6, 6.07) is 7.25. The molecule has 6 heteroatoms. The zero-order valence-electron chi connectivity index (χ0n) is 12.3. The van der Waals surface area contributed by atoms with E-state index in [9.17, 15) is 9.90 Å². The molecule has 2 amide bonds. The van der Waals surface area contributed by atoms with E-state index in [1.165, 1.54) is 0 Å². The van der Waals surface area contributed by atoms with Crippen molar-refractivity contribution in [2.75, 3.05) is 44.7 Å². The highest BCUT2D eigenvalue weighted by atomic mass is 16.5. The smallest absolute Gasteiger partial charge is 0.319 e. The number of morpholine rings is 1. The highest BCUT2D eigenvalue weighted by Gasteiger charge is 2.15. The molecule has 6 nitrogen and oxygen atoms in total. The first kappa shape index (κ1) is 15.8. The molecular weight excluding hydrogens is 270 g/mol. The Morgan fingerprint density at radius 2 is 2.00 bits per heavy atom. The molecule has 1 aromatic carbocycles. The third kappa shape index (κ3) is 5.71. The minimum Gasteiger partial charge on any atom is -0.390 e. The molecule has 0 radical (unpaired) electrons. The van der Waals surface area contributed by atoms with Crippen LogP contribution < -0.4 is 10.6 Å². The van der Waals surface area contributed by atoms with Crippen molar-refractivity contribution in [1.82, 2.24) is 10.2 Å². The van der Waals surface area contributed by atoms with Crippen LogP contribution in [0.5, 0.6) is 0 Å². The number of anilines is 1. The topological polar surface area (TPSA) is 73.8 Å². The maximum absolute atomic E-state index is 11.7. The minimum atomic E-state index is -0.577. The normalized spacial score (nSPS) is 17.2. The summed E-state index contributed by atoms with van der Waals surface area (Å²) in [4.78, 5) is 13.9. The van der Waals surface area contributed by atoms with Crippen molar-refractivity contribution in [3.05, 3.63) is 29.8 Å². The predicted octanol–water partition coefficient (Wildman–Crippen LogP) is 0.810. The van der Waals surface area contributed by atoms with E-state index in [-0.39, 0.29) is 12.6 Å². The number of amides is 2. The number of β-amino-alcohol motifs (C(OH)–C–C–N with tert-alkyl or cyclic N) is 1. The fraction of sp³-hybridized carbons (Fsp3) is 0.533. The molecule has 116 valence electrons. The van der Waals surface area contributed by atoms with Crippen LogP contribution in [-0.4, -0.2) is 61.5 Å². The van der Waals surface area contributed by atoms with Crippen molar-refractivity contribution in [1.29, 1.82) is 0 Å². The first-order valence-electron chi connectivity index (χ1n) is 7.23. The molecule has 3 N–H and O–H groups in total. The number of hydrogen-bond donors (Lipinski definition) is 3. The number of aliphatic hydroxyl groups excluding tert-OH is 1. The van der Waals surface area contributed by atoms with E-state index >= 15 is 0 Å². The Morgan fingerprint density at radius 3 is 2.67 bits per heavy atom. The second-order valence-corrected chi connectivity index (χ2v) is 5.27. The molecule has 1 fully saturated rings. The highest BCUT2D eigenvalue weighted by molar-refractivity contribution is 5.89. The molecule has 0 bridgehead atoms. The van der Waals surface area contributed by atoms with Gasteiger partial charge in [-0.15, -0.1) is 0 Å². The van der Waals surface area contributed by atoms with Crippen molar-refractivity contribution in [2.24, 2.45) is 0 Å². The largest absolute Gasteiger partial charge is 0.390 e. The third-order valence-electron chi connectivity index (χ3n) is 3.38. The maximum atomic E-state index is 11.7.